The highest BCUT2D eigenvalue weighted by atomic mass is 16.6. The predicted molar refractivity (Wildman–Crippen MR) is 298 cm³/mol. The summed E-state index contributed by atoms with van der Waals surface area (Å²) in [5.74, 6) is 0.851. The van der Waals surface area contributed by atoms with Gasteiger partial charge in [0.05, 0.1) is 0 Å². The number of esters is 3. The normalized spacial score (nSPS) is 12.0. The zero-order chi connectivity index (χ0) is 50.4. The summed E-state index contributed by atoms with van der Waals surface area (Å²) in [7, 11) is 0. The van der Waals surface area contributed by atoms with Crippen LogP contribution in [0.5, 0.6) is 0 Å². The van der Waals surface area contributed by atoms with Crippen LogP contribution in [0.2, 0.25) is 0 Å². The van der Waals surface area contributed by atoms with E-state index in [4.69, 9.17) is 14.2 Å². The van der Waals surface area contributed by atoms with Crippen LogP contribution in [0.25, 0.3) is 0 Å². The van der Waals surface area contributed by atoms with Gasteiger partial charge in [-0.15, -0.1) is 0 Å². The smallest absolute Gasteiger partial charge is 0.306 e. The molecule has 0 unspecified atom stereocenters. The quantitative estimate of drug-likeness (QED) is 0.0343. The maximum Gasteiger partial charge on any atom is 0.306 e. The molecule has 0 amide bonds. The van der Waals surface area contributed by atoms with Gasteiger partial charge in [0, 0.05) is 19.3 Å². The van der Waals surface area contributed by atoms with Gasteiger partial charge in [-0.1, -0.05) is 317 Å². The minimum absolute atomic E-state index is 0.0621. The van der Waals surface area contributed by atoms with Gasteiger partial charge in [0.15, 0.2) is 6.10 Å². The first-order valence-electron chi connectivity index (χ1n) is 31.2. The maximum atomic E-state index is 12.9. The Morgan fingerprint density at radius 3 is 0.710 bits per heavy atom. The molecule has 0 aliphatic rings. The van der Waals surface area contributed by atoms with Crippen molar-refractivity contribution in [2.75, 3.05) is 13.2 Å². The van der Waals surface area contributed by atoms with Gasteiger partial charge < -0.3 is 14.2 Å². The molecule has 0 radical (unpaired) electrons. The van der Waals surface area contributed by atoms with Gasteiger partial charge in [-0.2, -0.15) is 0 Å². The molecule has 410 valence electrons. The zero-order valence-electron chi connectivity index (χ0n) is 47.5. The monoisotopic (exact) mass is 975 g/mol. The van der Waals surface area contributed by atoms with Gasteiger partial charge in [0.1, 0.15) is 13.2 Å². The summed E-state index contributed by atoms with van der Waals surface area (Å²) in [5, 5.41) is 0. The van der Waals surface area contributed by atoms with Gasteiger partial charge in [-0.3, -0.25) is 14.4 Å². The average molecular weight is 976 g/mol. The topological polar surface area (TPSA) is 78.9 Å². The first kappa shape index (κ1) is 67.4. The molecule has 6 heteroatoms. The van der Waals surface area contributed by atoms with Crippen molar-refractivity contribution >= 4 is 17.9 Å². The Morgan fingerprint density at radius 2 is 0.478 bits per heavy atom. The number of hydrogen-bond acceptors (Lipinski definition) is 6. The summed E-state index contributed by atoms with van der Waals surface area (Å²) in [4.78, 5) is 38.2. The fourth-order valence-corrected chi connectivity index (χ4v) is 9.76. The second-order valence-corrected chi connectivity index (χ2v) is 22.6. The van der Waals surface area contributed by atoms with E-state index in [0.717, 1.165) is 69.6 Å². The first-order chi connectivity index (χ1) is 33.7. The third-order valence-electron chi connectivity index (χ3n) is 14.5. The van der Waals surface area contributed by atoms with E-state index < -0.39 is 6.10 Å². The molecule has 0 aliphatic heterocycles. The van der Waals surface area contributed by atoms with Gasteiger partial charge in [0.25, 0.3) is 0 Å². The molecule has 0 aliphatic carbocycles. The molecular formula is C63H122O6. The van der Waals surface area contributed by atoms with Crippen LogP contribution in [0.15, 0.2) is 0 Å². The summed E-state index contributed by atoms with van der Waals surface area (Å²) >= 11 is 0. The molecule has 0 aromatic heterocycles. The van der Waals surface area contributed by atoms with Crippen molar-refractivity contribution in [2.24, 2.45) is 11.8 Å². The van der Waals surface area contributed by atoms with Gasteiger partial charge >= 0.3 is 17.9 Å². The Kier molecular flexibility index (Phi) is 54.4. The lowest BCUT2D eigenvalue weighted by atomic mass is 10.0. The first-order valence-corrected chi connectivity index (χ1v) is 31.2. The van der Waals surface area contributed by atoms with E-state index in [1.807, 2.05) is 0 Å². The second kappa shape index (κ2) is 55.7. The van der Waals surface area contributed by atoms with E-state index in [2.05, 4.69) is 34.6 Å². The van der Waals surface area contributed by atoms with E-state index in [-0.39, 0.29) is 31.1 Å². The van der Waals surface area contributed by atoms with Crippen molar-refractivity contribution in [3.05, 3.63) is 0 Å². The number of ether oxygens (including phenoxy) is 3. The minimum atomic E-state index is -0.763. The molecule has 0 rings (SSSR count). The number of rotatable bonds is 57. The third-order valence-corrected chi connectivity index (χ3v) is 14.5. The molecule has 0 spiro atoms. The molecule has 0 bridgehead atoms. The molecule has 6 nitrogen and oxygen atoms in total. The Labute approximate surface area is 431 Å². The van der Waals surface area contributed by atoms with E-state index in [1.165, 1.54) is 244 Å². The summed E-state index contributed by atoms with van der Waals surface area (Å²) in [6.07, 6.45) is 61.0. The average Bonchev–Trinajstić information content (AvgIpc) is 3.32. The molecule has 1 atom stereocenters. The zero-order valence-corrected chi connectivity index (χ0v) is 47.5. The van der Waals surface area contributed by atoms with Crippen molar-refractivity contribution in [3.8, 4) is 0 Å². The fraction of sp³-hybridized carbons (Fsp3) is 0.952. The highest BCUT2D eigenvalue weighted by Crippen LogP contribution is 2.19. The van der Waals surface area contributed by atoms with Gasteiger partial charge in [-0.05, 0) is 31.1 Å². The van der Waals surface area contributed by atoms with E-state index >= 15 is 0 Å². The summed E-state index contributed by atoms with van der Waals surface area (Å²) in [5.41, 5.74) is 0. The number of hydrogen-bond donors (Lipinski definition) is 0. The van der Waals surface area contributed by atoms with Crippen LogP contribution in [0, 0.1) is 11.8 Å². The number of carbonyl (C=O) groups is 3. The molecule has 0 saturated heterocycles. The van der Waals surface area contributed by atoms with E-state index in [1.54, 1.807) is 0 Å². The van der Waals surface area contributed by atoms with Crippen molar-refractivity contribution in [3.63, 3.8) is 0 Å². The Hall–Kier alpha value is -1.59. The van der Waals surface area contributed by atoms with Crippen LogP contribution in [-0.2, 0) is 28.6 Å². The lowest BCUT2D eigenvalue weighted by Gasteiger charge is -2.18. The summed E-state index contributed by atoms with van der Waals surface area (Å²) < 4.78 is 16.9. The number of unbranched alkanes of at least 4 members (excludes halogenated alkanes) is 42. The molecule has 0 aromatic carbocycles. The highest BCUT2D eigenvalue weighted by molar-refractivity contribution is 5.71. The van der Waals surface area contributed by atoms with Crippen LogP contribution >= 0.6 is 0 Å². The highest BCUT2D eigenvalue weighted by Gasteiger charge is 2.19. The molecule has 0 heterocycles. The van der Waals surface area contributed by atoms with Crippen LogP contribution in [0.1, 0.15) is 356 Å². The summed E-state index contributed by atoms with van der Waals surface area (Å²) in [6.45, 7) is 11.4. The molecule has 0 fully saturated rings. The lowest BCUT2D eigenvalue weighted by Crippen LogP contribution is -2.30. The third kappa shape index (κ3) is 57.2. The summed E-state index contributed by atoms with van der Waals surface area (Å²) in [6, 6.07) is 0. The number of carbonyl (C=O) groups excluding carboxylic acids is 3. The molecule has 0 N–H and O–H groups in total. The van der Waals surface area contributed by atoms with Crippen molar-refractivity contribution < 1.29 is 28.6 Å². The predicted octanol–water partition coefficient (Wildman–Crippen LogP) is 20.8. The lowest BCUT2D eigenvalue weighted by molar-refractivity contribution is -0.167. The standard InChI is InChI=1S/C63H122O6/c1-6-7-8-9-10-11-12-13-14-20-23-28-33-38-43-48-53-61(64)67-56-60(57-68-62(65)54-49-44-39-34-30-25-27-32-37-42-47-52-59(4)5)69-63(66)55-50-45-40-35-29-24-21-18-16-15-17-19-22-26-31-36-41-46-51-58(2)3/h58-60H,6-57H2,1-5H3/t60-/m0/s1. The fourth-order valence-electron chi connectivity index (χ4n) is 9.76. The van der Waals surface area contributed by atoms with Crippen molar-refractivity contribution in [1.82, 2.24) is 0 Å². The van der Waals surface area contributed by atoms with E-state index in [9.17, 15) is 14.4 Å². The Balaban J connectivity index is 4.27. The van der Waals surface area contributed by atoms with Crippen molar-refractivity contribution in [1.29, 1.82) is 0 Å². The van der Waals surface area contributed by atoms with E-state index in [0.29, 0.717) is 19.3 Å². The van der Waals surface area contributed by atoms with Gasteiger partial charge in [0.2, 0.25) is 0 Å². The largest absolute Gasteiger partial charge is 0.462 e. The molecule has 0 aromatic rings. The van der Waals surface area contributed by atoms with Crippen LogP contribution in [-0.4, -0.2) is 37.2 Å². The van der Waals surface area contributed by atoms with Crippen molar-refractivity contribution in [2.45, 2.75) is 362 Å². The molecule has 0 saturated carbocycles. The molecular weight excluding hydrogens is 853 g/mol. The van der Waals surface area contributed by atoms with Gasteiger partial charge in [-0.25, -0.2) is 0 Å². The minimum Gasteiger partial charge on any atom is -0.462 e. The molecule has 69 heavy (non-hydrogen) atoms. The Morgan fingerprint density at radius 1 is 0.275 bits per heavy atom. The van der Waals surface area contributed by atoms with Crippen LogP contribution in [0.4, 0.5) is 0 Å². The maximum absolute atomic E-state index is 12.9. The van der Waals surface area contributed by atoms with Crippen LogP contribution in [0.3, 0.4) is 0 Å². The Bertz CT molecular complexity index is 1060. The second-order valence-electron chi connectivity index (χ2n) is 22.6. The van der Waals surface area contributed by atoms with Crippen LogP contribution < -0.4 is 0 Å². The SMILES string of the molecule is CCCCCCCCCCCCCCCCCCC(=O)OC[C@@H](COC(=O)CCCCCCCCCCCCCC(C)C)OC(=O)CCCCCCCCCCCCCCCCCCCCC(C)C.